The van der Waals surface area contributed by atoms with E-state index >= 15 is 0 Å². The van der Waals surface area contributed by atoms with Gasteiger partial charge in [0.05, 0.1) is 16.4 Å². The van der Waals surface area contributed by atoms with Gasteiger partial charge in [0.25, 0.3) is 5.91 Å². The van der Waals surface area contributed by atoms with Crippen molar-refractivity contribution in [2.24, 2.45) is 0 Å². The molecule has 1 amide bonds. The van der Waals surface area contributed by atoms with Crippen molar-refractivity contribution in [1.82, 2.24) is 25.6 Å². The lowest BCUT2D eigenvalue weighted by Gasteiger charge is -2.27. The van der Waals surface area contributed by atoms with Crippen LogP contribution in [0.3, 0.4) is 0 Å². The van der Waals surface area contributed by atoms with E-state index in [4.69, 9.17) is 0 Å². The van der Waals surface area contributed by atoms with E-state index in [0.29, 0.717) is 17.9 Å². The molecule has 1 saturated heterocycles. The van der Waals surface area contributed by atoms with Crippen molar-refractivity contribution in [3.8, 4) is 0 Å². The van der Waals surface area contributed by atoms with Crippen LogP contribution >= 0.6 is 11.8 Å². The van der Waals surface area contributed by atoms with Crippen molar-refractivity contribution in [3.63, 3.8) is 0 Å². The third kappa shape index (κ3) is 3.67. The van der Waals surface area contributed by atoms with Crippen LogP contribution in [0.2, 0.25) is 0 Å². The molecule has 0 aliphatic carbocycles. The second kappa shape index (κ2) is 7.49. The Bertz CT molecular complexity index is 882. The molecule has 0 radical (unpaired) electrons. The van der Waals surface area contributed by atoms with Gasteiger partial charge in [-0.15, -0.1) is 11.8 Å². The van der Waals surface area contributed by atoms with Gasteiger partial charge < -0.3 is 25.6 Å². The molecule has 2 aromatic rings. The minimum absolute atomic E-state index is 0.0517. The number of amides is 1. The summed E-state index contributed by atoms with van der Waals surface area (Å²) in [5.41, 5.74) is 1.88. The van der Waals surface area contributed by atoms with Crippen molar-refractivity contribution in [3.05, 3.63) is 29.2 Å². The first-order valence-corrected chi connectivity index (χ1v) is 10.1. The fourth-order valence-electron chi connectivity index (χ4n) is 3.61. The van der Waals surface area contributed by atoms with Crippen LogP contribution in [0.25, 0.3) is 11.0 Å². The zero-order valence-corrected chi connectivity index (χ0v) is 16.2. The van der Waals surface area contributed by atoms with E-state index in [1.54, 1.807) is 18.1 Å². The lowest BCUT2D eigenvalue weighted by atomic mass is 10.1. The summed E-state index contributed by atoms with van der Waals surface area (Å²) in [5, 5.41) is 17.0. The molecule has 0 bridgehead atoms. The second-order valence-electron chi connectivity index (χ2n) is 7.09. The molecule has 1 unspecified atom stereocenters. The Balaban J connectivity index is 1.52. The topological polar surface area (TPSA) is 106 Å². The SMILES string of the molecule is Cc1c[nH]c2ncnc(N3C=C(C(=O)NC(C)[C@@H]4C[C@H](O)CN4)SCC3)c12. The number of H-pyrrole nitrogens is 1. The van der Waals surface area contributed by atoms with Gasteiger partial charge in [0, 0.05) is 43.3 Å². The zero-order valence-electron chi connectivity index (χ0n) is 15.4. The Morgan fingerprint density at radius 1 is 1.48 bits per heavy atom. The molecular formula is C18H24N6O2S. The third-order valence-corrected chi connectivity index (χ3v) is 6.10. The largest absolute Gasteiger partial charge is 0.392 e. The molecule has 9 heteroatoms. The summed E-state index contributed by atoms with van der Waals surface area (Å²) in [6, 6.07) is 0.0439. The van der Waals surface area contributed by atoms with E-state index in [1.165, 1.54) is 0 Å². The first-order valence-electron chi connectivity index (χ1n) is 9.15. The van der Waals surface area contributed by atoms with Gasteiger partial charge in [-0.1, -0.05) is 0 Å². The van der Waals surface area contributed by atoms with E-state index in [-0.39, 0.29) is 24.1 Å². The van der Waals surface area contributed by atoms with Crippen LogP contribution in [-0.4, -0.2) is 63.0 Å². The summed E-state index contributed by atoms with van der Waals surface area (Å²) in [7, 11) is 0. The molecule has 4 N–H and O–H groups in total. The van der Waals surface area contributed by atoms with Crippen LogP contribution in [0.4, 0.5) is 5.82 Å². The molecule has 27 heavy (non-hydrogen) atoms. The average molecular weight is 388 g/mol. The van der Waals surface area contributed by atoms with Gasteiger partial charge in [0.15, 0.2) is 0 Å². The standard InChI is InChI=1S/C18H24N6O2S/c1-10-6-20-16-15(10)17(22-9-21-16)24-3-4-27-14(8-24)18(26)23-11(2)13-5-12(25)7-19-13/h6,8-9,11-13,19,25H,3-5,7H2,1-2H3,(H,23,26)(H,20,21,22)/t11?,12-,13-/m0/s1. The van der Waals surface area contributed by atoms with Gasteiger partial charge in [-0.3, -0.25) is 4.79 Å². The van der Waals surface area contributed by atoms with Gasteiger partial charge in [-0.2, -0.15) is 0 Å². The number of nitrogens with zero attached hydrogens (tertiary/aromatic N) is 3. The number of aliphatic hydroxyl groups is 1. The van der Waals surface area contributed by atoms with Crippen molar-refractivity contribution in [1.29, 1.82) is 0 Å². The monoisotopic (exact) mass is 388 g/mol. The first-order chi connectivity index (χ1) is 13.0. The number of fused-ring (bicyclic) bond motifs is 1. The molecule has 1 fully saturated rings. The van der Waals surface area contributed by atoms with Crippen LogP contribution in [-0.2, 0) is 4.79 Å². The lowest BCUT2D eigenvalue weighted by molar-refractivity contribution is -0.117. The third-order valence-electron chi connectivity index (χ3n) is 5.11. The van der Waals surface area contributed by atoms with Gasteiger partial charge >= 0.3 is 0 Å². The Morgan fingerprint density at radius 2 is 2.33 bits per heavy atom. The van der Waals surface area contributed by atoms with E-state index in [9.17, 15) is 9.90 Å². The summed E-state index contributed by atoms with van der Waals surface area (Å²) in [5.74, 6) is 1.54. The van der Waals surface area contributed by atoms with Gasteiger partial charge in [0.2, 0.25) is 0 Å². The normalized spacial score (nSPS) is 24.1. The fourth-order valence-corrected chi connectivity index (χ4v) is 4.51. The molecule has 8 nitrogen and oxygen atoms in total. The molecular weight excluding hydrogens is 364 g/mol. The number of carbonyl (C=O) groups excluding carboxylic acids is 1. The van der Waals surface area contributed by atoms with Crippen LogP contribution in [0.5, 0.6) is 0 Å². The maximum absolute atomic E-state index is 12.7. The Hall–Kier alpha value is -2.10. The number of aliphatic hydroxyl groups excluding tert-OH is 1. The summed E-state index contributed by atoms with van der Waals surface area (Å²) in [4.78, 5) is 27.3. The number of aromatic nitrogens is 3. The van der Waals surface area contributed by atoms with Crippen molar-refractivity contribution in [2.45, 2.75) is 38.5 Å². The highest BCUT2D eigenvalue weighted by Gasteiger charge is 2.29. The number of thioether (sulfide) groups is 1. The number of carbonyl (C=O) groups is 1. The maximum Gasteiger partial charge on any atom is 0.259 e. The summed E-state index contributed by atoms with van der Waals surface area (Å²) < 4.78 is 0. The number of aromatic amines is 1. The molecule has 2 aliphatic heterocycles. The molecule has 3 atom stereocenters. The second-order valence-corrected chi connectivity index (χ2v) is 8.23. The first kappa shape index (κ1) is 18.3. The molecule has 4 rings (SSSR count). The molecule has 0 aromatic carbocycles. The van der Waals surface area contributed by atoms with Gasteiger partial charge in [0.1, 0.15) is 17.8 Å². The number of rotatable bonds is 4. The molecule has 4 heterocycles. The quantitative estimate of drug-likeness (QED) is 0.616. The Kier molecular flexibility index (Phi) is 5.07. The lowest BCUT2D eigenvalue weighted by Crippen LogP contribution is -2.46. The molecule has 144 valence electrons. The number of hydrogen-bond acceptors (Lipinski definition) is 7. The molecule has 2 aliphatic rings. The molecule has 2 aromatic heterocycles. The van der Waals surface area contributed by atoms with Crippen molar-refractivity contribution >= 4 is 34.5 Å². The Morgan fingerprint density at radius 3 is 3.11 bits per heavy atom. The average Bonchev–Trinajstić information content (AvgIpc) is 3.28. The van der Waals surface area contributed by atoms with Crippen LogP contribution in [0, 0.1) is 6.92 Å². The van der Waals surface area contributed by atoms with E-state index in [2.05, 4.69) is 25.6 Å². The summed E-state index contributed by atoms with van der Waals surface area (Å²) in [6.07, 6.45) is 5.66. The summed E-state index contributed by atoms with van der Waals surface area (Å²) in [6.45, 7) is 5.35. The number of nitrogens with one attached hydrogen (secondary N) is 3. The number of hydrogen-bond donors (Lipinski definition) is 4. The predicted octanol–water partition coefficient (Wildman–Crippen LogP) is 0.888. The Labute approximate surface area is 161 Å². The number of β-amino-alcohol motifs (C(OH)–C–C–N with tert-alkyl or cyclic N) is 1. The van der Waals surface area contributed by atoms with Gasteiger partial charge in [-0.05, 0) is 25.8 Å². The predicted molar refractivity (Wildman–Crippen MR) is 107 cm³/mol. The van der Waals surface area contributed by atoms with E-state index < -0.39 is 0 Å². The maximum atomic E-state index is 12.7. The molecule has 0 spiro atoms. The highest BCUT2D eigenvalue weighted by Crippen LogP contribution is 2.30. The van der Waals surface area contributed by atoms with E-state index in [1.807, 2.05) is 31.1 Å². The fraction of sp³-hybridized carbons (Fsp3) is 0.500. The minimum atomic E-state index is -0.335. The molecule has 0 saturated carbocycles. The van der Waals surface area contributed by atoms with Crippen molar-refractivity contribution < 1.29 is 9.90 Å². The zero-order chi connectivity index (χ0) is 19.0. The highest BCUT2D eigenvalue weighted by atomic mass is 32.2. The van der Waals surface area contributed by atoms with Crippen LogP contribution < -0.4 is 15.5 Å². The van der Waals surface area contributed by atoms with Gasteiger partial charge in [-0.25, -0.2) is 9.97 Å². The summed E-state index contributed by atoms with van der Waals surface area (Å²) >= 11 is 1.55. The van der Waals surface area contributed by atoms with E-state index in [0.717, 1.165) is 34.7 Å². The van der Waals surface area contributed by atoms with Crippen molar-refractivity contribution in [2.75, 3.05) is 23.7 Å². The minimum Gasteiger partial charge on any atom is -0.392 e. The van der Waals surface area contributed by atoms with Crippen LogP contribution in [0.1, 0.15) is 18.9 Å². The smallest absolute Gasteiger partial charge is 0.259 e. The highest BCUT2D eigenvalue weighted by molar-refractivity contribution is 8.04. The number of anilines is 1. The number of aryl methyl sites for hydroxylation is 1. The van der Waals surface area contributed by atoms with Crippen LogP contribution in [0.15, 0.2) is 23.6 Å².